The summed E-state index contributed by atoms with van der Waals surface area (Å²) in [5.41, 5.74) is -0.824. The first kappa shape index (κ1) is 36.9. The highest BCUT2D eigenvalue weighted by Gasteiger charge is 2.35. The van der Waals surface area contributed by atoms with Gasteiger partial charge in [0.25, 0.3) is 5.91 Å². The molecule has 1 aliphatic rings. The molecule has 4 N–H and O–H groups in total. The van der Waals surface area contributed by atoms with E-state index < -0.39 is 60.0 Å². The number of methoxy groups -OCH3 is 1. The van der Waals surface area contributed by atoms with Crippen LogP contribution in [0.5, 0.6) is 5.75 Å². The number of H-pyrrole nitrogens is 1. The number of hydrogen-bond donors (Lipinski definition) is 4. The van der Waals surface area contributed by atoms with Crippen LogP contribution in [0.25, 0.3) is 10.9 Å². The van der Waals surface area contributed by atoms with Crippen LogP contribution in [0.2, 0.25) is 0 Å². The SMILES string of the molecule is COc1cccc2[nH]c(C(=O)N[C@@H](CC(C)C)C(=O)N[C@@H](C[C@@H]3CCCNC3=O)C(=O)COC(=O)c3c(C)cc(C(F)(F)F)nc3C)cc12. The average molecular weight is 688 g/mol. The second kappa shape index (κ2) is 15.5. The quantitative estimate of drug-likeness (QED) is 0.194. The molecule has 0 bridgehead atoms. The standard InChI is InChI=1S/C34H40F3N5O7/c1-17(2)12-24(42-32(46)25-15-21-22(40-25)9-6-10-27(21)48-5)31(45)41-23(14-20-8-7-11-38-30(20)44)26(43)16-49-33(47)29-18(3)13-28(34(35,36)37)39-19(29)4/h6,9-10,13,15,17,20,23-24,40H,7-8,11-12,14,16H2,1-5H3,(H,38,44)(H,41,45)(H,42,46)/t20-,23-,24-/m0/s1. The van der Waals surface area contributed by atoms with Crippen molar-refractivity contribution in [3.8, 4) is 5.75 Å². The number of nitrogens with zero attached hydrogens (tertiary/aromatic N) is 1. The Labute approximate surface area is 280 Å². The summed E-state index contributed by atoms with van der Waals surface area (Å²) in [4.78, 5) is 72.5. The molecule has 2 aromatic heterocycles. The molecule has 0 unspecified atom stereocenters. The highest BCUT2D eigenvalue weighted by atomic mass is 19.4. The number of aryl methyl sites for hydroxylation is 2. The highest BCUT2D eigenvalue weighted by molar-refractivity contribution is 6.02. The Hall–Kier alpha value is -4.95. The first-order valence-electron chi connectivity index (χ1n) is 15.9. The van der Waals surface area contributed by atoms with Gasteiger partial charge >= 0.3 is 12.1 Å². The van der Waals surface area contributed by atoms with Gasteiger partial charge in [0.05, 0.1) is 24.4 Å². The topological polar surface area (TPSA) is 169 Å². The Morgan fingerprint density at radius 3 is 2.45 bits per heavy atom. The van der Waals surface area contributed by atoms with E-state index in [1.807, 2.05) is 13.8 Å². The average Bonchev–Trinajstić information content (AvgIpc) is 3.48. The minimum Gasteiger partial charge on any atom is -0.496 e. The van der Waals surface area contributed by atoms with E-state index in [0.717, 1.165) is 0 Å². The van der Waals surface area contributed by atoms with E-state index >= 15 is 0 Å². The zero-order chi connectivity index (χ0) is 36.0. The van der Waals surface area contributed by atoms with Crippen LogP contribution in [0.15, 0.2) is 30.3 Å². The number of nitrogens with one attached hydrogen (secondary N) is 4. The third-order valence-electron chi connectivity index (χ3n) is 8.28. The summed E-state index contributed by atoms with van der Waals surface area (Å²) >= 11 is 0. The van der Waals surface area contributed by atoms with Gasteiger partial charge in [-0.2, -0.15) is 13.2 Å². The van der Waals surface area contributed by atoms with Gasteiger partial charge in [-0.3, -0.25) is 19.2 Å². The van der Waals surface area contributed by atoms with Crippen LogP contribution in [-0.4, -0.2) is 71.8 Å². The number of esters is 1. The number of fused-ring (bicyclic) bond motifs is 1. The van der Waals surface area contributed by atoms with Crippen LogP contribution in [0.1, 0.15) is 77.3 Å². The Morgan fingerprint density at radius 1 is 1.08 bits per heavy atom. The molecule has 0 saturated carbocycles. The van der Waals surface area contributed by atoms with Gasteiger partial charge in [-0.15, -0.1) is 0 Å². The number of amides is 3. The molecule has 1 aromatic carbocycles. The molecule has 49 heavy (non-hydrogen) atoms. The molecule has 3 aromatic rings. The van der Waals surface area contributed by atoms with Gasteiger partial charge in [0.15, 0.2) is 12.4 Å². The van der Waals surface area contributed by atoms with E-state index in [9.17, 15) is 37.1 Å². The summed E-state index contributed by atoms with van der Waals surface area (Å²) in [6, 6.07) is 5.23. The zero-order valence-corrected chi connectivity index (χ0v) is 27.9. The second-order valence-corrected chi connectivity index (χ2v) is 12.5. The fourth-order valence-corrected chi connectivity index (χ4v) is 5.85. The summed E-state index contributed by atoms with van der Waals surface area (Å²) in [6.45, 7) is 5.86. The van der Waals surface area contributed by atoms with Crippen molar-refractivity contribution >= 4 is 40.4 Å². The van der Waals surface area contributed by atoms with Crippen molar-refractivity contribution in [3.05, 3.63) is 58.5 Å². The maximum Gasteiger partial charge on any atom is 0.433 e. The molecule has 264 valence electrons. The van der Waals surface area contributed by atoms with E-state index in [1.165, 1.54) is 21.0 Å². The smallest absolute Gasteiger partial charge is 0.433 e. The lowest BCUT2D eigenvalue weighted by Gasteiger charge is -2.28. The van der Waals surface area contributed by atoms with Crippen LogP contribution in [0, 0.1) is 25.7 Å². The van der Waals surface area contributed by atoms with Crippen LogP contribution in [0.3, 0.4) is 0 Å². The number of rotatable bonds is 13. The van der Waals surface area contributed by atoms with Gasteiger partial charge in [-0.05, 0) is 75.3 Å². The Kier molecular flexibility index (Phi) is 11.7. The number of benzene rings is 1. The first-order chi connectivity index (χ1) is 23.1. The molecule has 1 saturated heterocycles. The number of carbonyl (C=O) groups excluding carboxylic acids is 5. The number of aromatic amines is 1. The molecule has 1 aliphatic heterocycles. The molecule has 0 radical (unpaired) electrons. The summed E-state index contributed by atoms with van der Waals surface area (Å²) < 4.78 is 50.1. The van der Waals surface area contributed by atoms with Crippen molar-refractivity contribution in [3.63, 3.8) is 0 Å². The molecule has 0 spiro atoms. The van der Waals surface area contributed by atoms with Crippen molar-refractivity contribution in [2.24, 2.45) is 11.8 Å². The number of aromatic nitrogens is 2. The van der Waals surface area contributed by atoms with Crippen molar-refractivity contribution in [1.82, 2.24) is 25.9 Å². The van der Waals surface area contributed by atoms with Gasteiger partial charge in [-0.25, -0.2) is 9.78 Å². The van der Waals surface area contributed by atoms with Gasteiger partial charge in [-0.1, -0.05) is 19.9 Å². The molecule has 12 nitrogen and oxygen atoms in total. The van der Waals surface area contributed by atoms with Gasteiger partial charge in [0, 0.05) is 23.4 Å². The normalized spacial score (nSPS) is 16.1. The Morgan fingerprint density at radius 2 is 1.82 bits per heavy atom. The van der Waals surface area contributed by atoms with Crippen molar-refractivity contribution in [2.75, 3.05) is 20.3 Å². The highest BCUT2D eigenvalue weighted by Crippen LogP contribution is 2.30. The predicted molar refractivity (Wildman–Crippen MR) is 172 cm³/mol. The summed E-state index contributed by atoms with van der Waals surface area (Å²) in [6.07, 6.45) is -3.50. The molecule has 3 heterocycles. The number of piperidine rings is 1. The number of alkyl halides is 3. The molecule has 1 fully saturated rings. The van der Waals surface area contributed by atoms with Crippen LogP contribution < -0.4 is 20.7 Å². The van der Waals surface area contributed by atoms with E-state index in [0.29, 0.717) is 42.1 Å². The summed E-state index contributed by atoms with van der Waals surface area (Å²) in [5.74, 6) is -3.48. The largest absolute Gasteiger partial charge is 0.496 e. The lowest BCUT2D eigenvalue weighted by atomic mass is 9.90. The third kappa shape index (κ3) is 9.15. The Bertz CT molecular complexity index is 1710. The van der Waals surface area contributed by atoms with E-state index in [1.54, 1.807) is 24.3 Å². The minimum absolute atomic E-state index is 0.0401. The van der Waals surface area contributed by atoms with E-state index in [2.05, 4.69) is 25.9 Å². The molecule has 0 aliphatic carbocycles. The van der Waals surface area contributed by atoms with Gasteiger partial charge in [0.1, 0.15) is 23.2 Å². The molecular weight excluding hydrogens is 647 g/mol. The monoisotopic (exact) mass is 687 g/mol. The van der Waals surface area contributed by atoms with Crippen LogP contribution >= 0.6 is 0 Å². The first-order valence-corrected chi connectivity index (χ1v) is 15.9. The number of Topliss-reactive ketones (excluding diaryl/α,β-unsaturated/α-hetero) is 1. The fraction of sp³-hybridized carbons (Fsp3) is 0.471. The van der Waals surface area contributed by atoms with Crippen LogP contribution in [0.4, 0.5) is 13.2 Å². The van der Waals surface area contributed by atoms with Crippen molar-refractivity contribution in [1.29, 1.82) is 0 Å². The van der Waals surface area contributed by atoms with Crippen molar-refractivity contribution in [2.45, 2.75) is 71.6 Å². The maximum atomic E-state index is 13.7. The van der Waals surface area contributed by atoms with E-state index in [-0.39, 0.29) is 47.2 Å². The third-order valence-corrected chi connectivity index (χ3v) is 8.28. The summed E-state index contributed by atoms with van der Waals surface area (Å²) in [5, 5.41) is 8.80. The number of pyridine rings is 1. The molecule has 4 rings (SSSR count). The maximum absolute atomic E-state index is 13.7. The van der Waals surface area contributed by atoms with Crippen LogP contribution in [-0.2, 0) is 25.3 Å². The number of halogens is 3. The number of ketones is 1. The number of carbonyl (C=O) groups is 5. The molecule has 15 heteroatoms. The van der Waals surface area contributed by atoms with Gasteiger partial charge in [0.2, 0.25) is 11.8 Å². The number of hydrogen-bond acceptors (Lipinski definition) is 8. The number of ether oxygens (including phenoxy) is 2. The lowest BCUT2D eigenvalue weighted by Crippen LogP contribution is -2.54. The van der Waals surface area contributed by atoms with E-state index in [4.69, 9.17) is 9.47 Å². The molecule has 3 amide bonds. The zero-order valence-electron chi connectivity index (χ0n) is 27.9. The predicted octanol–water partition coefficient (Wildman–Crippen LogP) is 4.18. The Balaban J connectivity index is 1.52. The lowest BCUT2D eigenvalue weighted by molar-refractivity contribution is -0.141. The van der Waals surface area contributed by atoms with Gasteiger partial charge < -0.3 is 30.4 Å². The van der Waals surface area contributed by atoms with Crippen molar-refractivity contribution < 1.29 is 46.6 Å². The molecular formula is C34H40F3N5O7. The summed E-state index contributed by atoms with van der Waals surface area (Å²) in [7, 11) is 1.51. The minimum atomic E-state index is -4.72. The second-order valence-electron chi connectivity index (χ2n) is 12.5. The molecule has 3 atom stereocenters. The fourth-order valence-electron chi connectivity index (χ4n) is 5.85.